The monoisotopic (exact) mass is 366 g/mol. The molecule has 0 saturated heterocycles. The number of carboxylic acid groups (broad SMARTS) is 1. The zero-order chi connectivity index (χ0) is 19.8. The summed E-state index contributed by atoms with van der Waals surface area (Å²) in [6, 6.07) is 12.4. The lowest BCUT2D eigenvalue weighted by atomic mass is 9.63. The maximum atomic E-state index is 12.4. The van der Waals surface area contributed by atoms with E-state index in [4.69, 9.17) is 4.74 Å². The molecule has 142 valence electrons. The summed E-state index contributed by atoms with van der Waals surface area (Å²) in [6.07, 6.45) is 2.26. The van der Waals surface area contributed by atoms with Gasteiger partial charge in [0.25, 0.3) is 0 Å². The van der Waals surface area contributed by atoms with E-state index >= 15 is 0 Å². The fourth-order valence-corrected chi connectivity index (χ4v) is 3.80. The Hall–Kier alpha value is -2.62. The van der Waals surface area contributed by atoms with Gasteiger partial charge >= 0.3 is 11.9 Å². The largest absolute Gasteiger partial charge is 0.478 e. The second-order valence-electron chi connectivity index (χ2n) is 8.57. The molecule has 2 aromatic rings. The second kappa shape index (κ2) is 6.84. The zero-order valence-corrected chi connectivity index (χ0v) is 16.3. The lowest BCUT2D eigenvalue weighted by Crippen LogP contribution is -2.33. The highest BCUT2D eigenvalue weighted by Gasteiger charge is 2.36. The molecule has 1 N–H and O–H groups in total. The molecule has 0 unspecified atom stereocenters. The first-order valence-electron chi connectivity index (χ1n) is 9.25. The van der Waals surface area contributed by atoms with Gasteiger partial charge in [-0.25, -0.2) is 9.59 Å². The number of ether oxygens (including phenoxy) is 1. The summed E-state index contributed by atoms with van der Waals surface area (Å²) < 4.78 is 5.41. The smallest absolute Gasteiger partial charge is 0.339 e. The van der Waals surface area contributed by atoms with Crippen molar-refractivity contribution in [2.75, 3.05) is 0 Å². The number of hydrogen-bond donors (Lipinski definition) is 1. The Morgan fingerprint density at radius 3 is 2.15 bits per heavy atom. The molecule has 4 heteroatoms. The van der Waals surface area contributed by atoms with E-state index < -0.39 is 11.9 Å². The summed E-state index contributed by atoms with van der Waals surface area (Å²) in [5, 5.41) is 9.23. The van der Waals surface area contributed by atoms with Gasteiger partial charge in [-0.1, -0.05) is 58.0 Å². The van der Waals surface area contributed by atoms with E-state index in [0.717, 1.165) is 18.4 Å². The average Bonchev–Trinajstić information content (AvgIpc) is 2.63. The fourth-order valence-electron chi connectivity index (χ4n) is 3.80. The van der Waals surface area contributed by atoms with Crippen molar-refractivity contribution < 1.29 is 19.4 Å². The van der Waals surface area contributed by atoms with E-state index in [1.807, 2.05) is 6.07 Å². The number of aromatic carboxylic acids is 1. The molecule has 0 spiro atoms. The number of carbonyl (C=O) groups excluding carboxylic acids is 1. The minimum atomic E-state index is -1.14. The van der Waals surface area contributed by atoms with E-state index in [0.29, 0.717) is 0 Å². The van der Waals surface area contributed by atoms with Crippen LogP contribution in [0.1, 0.15) is 77.9 Å². The van der Waals surface area contributed by atoms with Crippen LogP contribution < -0.4 is 0 Å². The number of benzene rings is 2. The predicted octanol–water partition coefficient (Wildman–Crippen LogP) is 5.09. The Morgan fingerprint density at radius 2 is 1.52 bits per heavy atom. The molecule has 0 amide bonds. The number of rotatable bonds is 4. The molecule has 27 heavy (non-hydrogen) atoms. The third-order valence-electron chi connectivity index (χ3n) is 5.66. The molecule has 1 aliphatic carbocycles. The Kier molecular flexibility index (Phi) is 4.85. The van der Waals surface area contributed by atoms with Crippen molar-refractivity contribution in [3.63, 3.8) is 0 Å². The van der Waals surface area contributed by atoms with Crippen LogP contribution in [0.15, 0.2) is 42.5 Å². The van der Waals surface area contributed by atoms with Crippen molar-refractivity contribution in [2.45, 2.75) is 58.0 Å². The summed E-state index contributed by atoms with van der Waals surface area (Å²) in [6.45, 7) is 9.16. The van der Waals surface area contributed by atoms with Crippen LogP contribution in [0.4, 0.5) is 0 Å². The van der Waals surface area contributed by atoms with Crippen LogP contribution in [0.2, 0.25) is 0 Å². The summed E-state index contributed by atoms with van der Waals surface area (Å²) in [7, 11) is 0. The van der Waals surface area contributed by atoms with Crippen LogP contribution in [0.3, 0.4) is 0 Å². The number of esters is 1. The summed E-state index contributed by atoms with van der Waals surface area (Å²) in [5.41, 5.74) is 3.82. The molecule has 0 bridgehead atoms. The molecule has 0 aromatic heterocycles. The van der Waals surface area contributed by atoms with Gasteiger partial charge in [0.2, 0.25) is 0 Å². The van der Waals surface area contributed by atoms with Crippen molar-refractivity contribution in [1.29, 1.82) is 0 Å². The van der Waals surface area contributed by atoms with Gasteiger partial charge in [-0.15, -0.1) is 0 Å². The minimum absolute atomic E-state index is 0.0455. The Balaban J connectivity index is 1.82. The van der Waals surface area contributed by atoms with E-state index in [1.165, 1.54) is 23.3 Å². The number of carboxylic acids is 1. The van der Waals surface area contributed by atoms with Crippen molar-refractivity contribution in [2.24, 2.45) is 0 Å². The molecule has 3 rings (SSSR count). The van der Waals surface area contributed by atoms with Crippen molar-refractivity contribution in [3.05, 3.63) is 70.3 Å². The van der Waals surface area contributed by atoms with Crippen molar-refractivity contribution >= 4 is 11.9 Å². The number of hydrogen-bond acceptors (Lipinski definition) is 3. The summed E-state index contributed by atoms with van der Waals surface area (Å²) in [5.74, 6) is -1.76. The van der Waals surface area contributed by atoms with Gasteiger partial charge in [-0.2, -0.15) is 0 Å². The highest BCUT2D eigenvalue weighted by atomic mass is 16.5. The highest BCUT2D eigenvalue weighted by molar-refractivity contribution is 6.02. The predicted molar refractivity (Wildman–Crippen MR) is 104 cm³/mol. The molecular formula is C23H26O4. The molecule has 0 atom stereocenters. The Labute approximate surface area is 160 Å². The van der Waals surface area contributed by atoms with Gasteiger partial charge in [0.15, 0.2) is 0 Å². The molecule has 4 nitrogen and oxygen atoms in total. The molecule has 0 aliphatic heterocycles. The van der Waals surface area contributed by atoms with E-state index in [9.17, 15) is 14.7 Å². The lowest BCUT2D eigenvalue weighted by Gasteiger charge is -2.42. The van der Waals surface area contributed by atoms with Gasteiger partial charge in [0, 0.05) is 0 Å². The van der Waals surface area contributed by atoms with E-state index in [2.05, 4.69) is 39.8 Å². The Bertz CT molecular complexity index is 893. The zero-order valence-electron chi connectivity index (χ0n) is 16.3. The third kappa shape index (κ3) is 3.75. The minimum Gasteiger partial charge on any atom is -0.478 e. The van der Waals surface area contributed by atoms with Crippen LogP contribution in [0, 0.1) is 0 Å². The number of carbonyl (C=O) groups is 2. The normalized spacial score (nSPS) is 17.0. The van der Waals surface area contributed by atoms with Crippen LogP contribution >= 0.6 is 0 Å². The number of fused-ring (bicyclic) bond motifs is 1. The molecule has 0 saturated carbocycles. The van der Waals surface area contributed by atoms with Crippen LogP contribution in [0.5, 0.6) is 0 Å². The molecule has 1 aliphatic rings. The molecule has 0 fully saturated rings. The quantitative estimate of drug-likeness (QED) is 0.766. The van der Waals surface area contributed by atoms with E-state index in [1.54, 1.807) is 12.1 Å². The van der Waals surface area contributed by atoms with E-state index in [-0.39, 0.29) is 28.6 Å². The van der Waals surface area contributed by atoms with Gasteiger partial charge in [0.05, 0.1) is 11.1 Å². The topological polar surface area (TPSA) is 63.6 Å². The van der Waals surface area contributed by atoms with Crippen LogP contribution in [-0.2, 0) is 22.2 Å². The standard InChI is InChI=1S/C23H26O4/c1-22(2)11-12-23(3,4)19-13-15(9-10-18(19)22)14-27-21(26)17-8-6-5-7-16(17)20(24)25/h5-10,13H,11-12,14H2,1-4H3,(H,24,25). The first-order chi connectivity index (χ1) is 12.6. The van der Waals surface area contributed by atoms with Gasteiger partial charge in [0.1, 0.15) is 6.61 Å². The first-order valence-corrected chi connectivity index (χ1v) is 9.25. The third-order valence-corrected chi connectivity index (χ3v) is 5.66. The van der Waals surface area contributed by atoms with Gasteiger partial charge in [-0.05, 0) is 52.5 Å². The molecule has 0 heterocycles. The maximum Gasteiger partial charge on any atom is 0.339 e. The molecule has 2 aromatic carbocycles. The summed E-state index contributed by atoms with van der Waals surface area (Å²) >= 11 is 0. The van der Waals surface area contributed by atoms with Gasteiger partial charge in [-0.3, -0.25) is 0 Å². The van der Waals surface area contributed by atoms with Crippen LogP contribution in [-0.4, -0.2) is 17.0 Å². The second-order valence-corrected chi connectivity index (χ2v) is 8.57. The molecular weight excluding hydrogens is 340 g/mol. The van der Waals surface area contributed by atoms with Crippen molar-refractivity contribution in [3.8, 4) is 0 Å². The molecule has 0 radical (unpaired) electrons. The first kappa shape index (κ1) is 19.2. The van der Waals surface area contributed by atoms with Crippen LogP contribution in [0.25, 0.3) is 0 Å². The SMILES string of the molecule is CC1(C)CCC(C)(C)c2cc(COC(=O)c3ccccc3C(=O)O)ccc21. The summed E-state index contributed by atoms with van der Waals surface area (Å²) in [4.78, 5) is 23.7. The lowest BCUT2D eigenvalue weighted by molar-refractivity contribution is 0.0463. The highest BCUT2D eigenvalue weighted by Crippen LogP contribution is 2.45. The fraction of sp³-hybridized carbons (Fsp3) is 0.391. The maximum absolute atomic E-state index is 12.4. The van der Waals surface area contributed by atoms with Gasteiger partial charge < -0.3 is 9.84 Å². The Morgan fingerprint density at radius 1 is 0.926 bits per heavy atom. The van der Waals surface area contributed by atoms with Crippen molar-refractivity contribution in [1.82, 2.24) is 0 Å². The average molecular weight is 366 g/mol.